The molecule has 0 bridgehead atoms. The smallest absolute Gasteiger partial charge is 0.260 e. The number of likely N-dealkylation sites (tertiary alicyclic amines) is 1. The Labute approximate surface area is 241 Å². The highest BCUT2D eigenvalue weighted by Gasteiger charge is 2.42. The third-order valence-corrected chi connectivity index (χ3v) is 8.53. The Morgan fingerprint density at radius 2 is 1.61 bits per heavy atom. The van der Waals surface area contributed by atoms with Gasteiger partial charge in [-0.15, -0.1) is 0 Å². The molecule has 0 saturated carbocycles. The standard InChI is InChI=1S/C31H39N5O5/c1-33(2)25-17-27-31(40)32-18-23-9-7-6-8-22(23)16-28(37)35(20-29(38)36(27)19-25)24-12-14-34(15-13-24)30(39)21-41-26-10-4-3-5-11-26/h3-11,24-25,27H,12-21H2,1-2H3,(H,32,40)/t25-,27-/m0/s1. The molecule has 2 aromatic rings. The van der Waals surface area contributed by atoms with Crippen molar-refractivity contribution in [3.63, 3.8) is 0 Å². The van der Waals surface area contributed by atoms with E-state index in [1.54, 1.807) is 14.7 Å². The number of hydrogen-bond acceptors (Lipinski definition) is 6. The molecule has 10 nitrogen and oxygen atoms in total. The SMILES string of the molecule is CN(C)[C@H]1C[C@H]2C(=O)NCc3ccccc3CC(=O)N(C3CCN(C(=O)COc4ccccc4)CC3)CC(=O)N2C1. The summed E-state index contributed by atoms with van der Waals surface area (Å²) in [6, 6.07) is 16.2. The molecule has 5 rings (SSSR count). The highest BCUT2D eigenvalue weighted by Crippen LogP contribution is 2.25. The van der Waals surface area contributed by atoms with Crippen molar-refractivity contribution in [2.45, 2.75) is 50.4 Å². The zero-order valence-electron chi connectivity index (χ0n) is 23.8. The van der Waals surface area contributed by atoms with E-state index in [1.165, 1.54) is 0 Å². The number of nitrogens with one attached hydrogen (secondary N) is 1. The number of para-hydroxylation sites is 1. The Hall–Kier alpha value is -3.92. The summed E-state index contributed by atoms with van der Waals surface area (Å²) in [5.41, 5.74) is 1.74. The van der Waals surface area contributed by atoms with Crippen LogP contribution in [0.15, 0.2) is 54.6 Å². The maximum absolute atomic E-state index is 13.8. The minimum Gasteiger partial charge on any atom is -0.484 e. The van der Waals surface area contributed by atoms with Crippen molar-refractivity contribution in [2.75, 3.05) is 46.9 Å². The summed E-state index contributed by atoms with van der Waals surface area (Å²) in [6.07, 6.45) is 1.84. The van der Waals surface area contributed by atoms with E-state index in [-0.39, 0.29) is 55.3 Å². The Morgan fingerprint density at radius 3 is 2.32 bits per heavy atom. The van der Waals surface area contributed by atoms with E-state index in [4.69, 9.17) is 4.74 Å². The zero-order chi connectivity index (χ0) is 28.9. The first-order valence-electron chi connectivity index (χ1n) is 14.4. The molecule has 0 unspecified atom stereocenters. The topological polar surface area (TPSA) is 103 Å². The first-order chi connectivity index (χ1) is 19.8. The molecule has 3 aliphatic rings. The third kappa shape index (κ3) is 6.70. The minimum absolute atomic E-state index is 0.0436. The lowest BCUT2D eigenvalue weighted by Crippen LogP contribution is -2.55. The quantitative estimate of drug-likeness (QED) is 0.591. The molecular formula is C31H39N5O5. The number of likely N-dealkylation sites (N-methyl/N-ethyl adjacent to an activating group) is 1. The summed E-state index contributed by atoms with van der Waals surface area (Å²) < 4.78 is 5.64. The maximum atomic E-state index is 13.8. The van der Waals surface area contributed by atoms with E-state index in [0.717, 1.165) is 11.1 Å². The average Bonchev–Trinajstić information content (AvgIpc) is 3.44. The van der Waals surface area contributed by atoms with Gasteiger partial charge in [0.05, 0.1) is 6.42 Å². The highest BCUT2D eigenvalue weighted by atomic mass is 16.5. The van der Waals surface area contributed by atoms with Crippen LogP contribution in [-0.2, 0) is 32.1 Å². The van der Waals surface area contributed by atoms with E-state index in [1.807, 2.05) is 73.6 Å². The summed E-state index contributed by atoms with van der Waals surface area (Å²) in [7, 11) is 3.90. The molecule has 0 spiro atoms. The fourth-order valence-electron chi connectivity index (χ4n) is 6.02. The van der Waals surface area contributed by atoms with Crippen LogP contribution < -0.4 is 10.1 Å². The molecule has 0 aromatic heterocycles. The van der Waals surface area contributed by atoms with Crippen LogP contribution in [0.4, 0.5) is 0 Å². The molecule has 2 saturated heterocycles. The molecule has 4 amide bonds. The summed E-state index contributed by atoms with van der Waals surface area (Å²) in [6.45, 7) is 1.58. The normalized spacial score (nSPS) is 22.5. The summed E-state index contributed by atoms with van der Waals surface area (Å²) in [5, 5.41) is 3.01. The molecular weight excluding hydrogens is 522 g/mol. The number of fused-ring (bicyclic) bond motifs is 2. The van der Waals surface area contributed by atoms with Gasteiger partial charge in [-0.25, -0.2) is 0 Å². The van der Waals surface area contributed by atoms with E-state index in [9.17, 15) is 19.2 Å². The number of piperidine rings is 1. The van der Waals surface area contributed by atoms with Gasteiger partial charge in [-0.05, 0) is 56.6 Å². The van der Waals surface area contributed by atoms with Crippen molar-refractivity contribution >= 4 is 23.6 Å². The van der Waals surface area contributed by atoms with E-state index >= 15 is 0 Å². The van der Waals surface area contributed by atoms with Gasteiger partial charge in [0.15, 0.2) is 6.61 Å². The van der Waals surface area contributed by atoms with E-state index in [2.05, 4.69) is 5.32 Å². The van der Waals surface area contributed by atoms with Crippen LogP contribution >= 0.6 is 0 Å². The van der Waals surface area contributed by atoms with Crippen molar-refractivity contribution in [2.24, 2.45) is 0 Å². The van der Waals surface area contributed by atoms with Crippen LogP contribution in [0.1, 0.15) is 30.4 Å². The van der Waals surface area contributed by atoms with Gasteiger partial charge in [0.2, 0.25) is 17.7 Å². The number of nitrogens with zero attached hydrogens (tertiary/aromatic N) is 4. The fraction of sp³-hybridized carbons (Fsp3) is 0.484. The Morgan fingerprint density at radius 1 is 0.927 bits per heavy atom. The average molecular weight is 562 g/mol. The number of carbonyl (C=O) groups is 4. The number of rotatable bonds is 5. The van der Waals surface area contributed by atoms with Crippen LogP contribution in [0.3, 0.4) is 0 Å². The predicted molar refractivity (Wildman–Crippen MR) is 153 cm³/mol. The van der Waals surface area contributed by atoms with Crippen molar-refractivity contribution in [1.82, 2.24) is 24.9 Å². The molecule has 0 radical (unpaired) electrons. The Balaban J connectivity index is 1.31. The van der Waals surface area contributed by atoms with Crippen LogP contribution in [0.5, 0.6) is 5.75 Å². The number of benzene rings is 2. The van der Waals surface area contributed by atoms with Crippen LogP contribution in [0.2, 0.25) is 0 Å². The highest BCUT2D eigenvalue weighted by molar-refractivity contribution is 5.91. The summed E-state index contributed by atoms with van der Waals surface area (Å²) >= 11 is 0. The molecule has 218 valence electrons. The second-order valence-corrected chi connectivity index (χ2v) is 11.3. The molecule has 3 heterocycles. The molecule has 3 aliphatic heterocycles. The lowest BCUT2D eigenvalue weighted by atomic mass is 9.99. The Bertz CT molecular complexity index is 1260. The van der Waals surface area contributed by atoms with Gasteiger partial charge in [0.25, 0.3) is 5.91 Å². The maximum Gasteiger partial charge on any atom is 0.260 e. The third-order valence-electron chi connectivity index (χ3n) is 8.53. The minimum atomic E-state index is -0.581. The van der Waals surface area contributed by atoms with Crippen molar-refractivity contribution in [3.05, 3.63) is 65.7 Å². The fourth-order valence-corrected chi connectivity index (χ4v) is 6.02. The lowest BCUT2D eigenvalue weighted by molar-refractivity contribution is -0.146. The monoisotopic (exact) mass is 561 g/mol. The lowest BCUT2D eigenvalue weighted by Gasteiger charge is -2.39. The summed E-state index contributed by atoms with van der Waals surface area (Å²) in [5.74, 6) is 0.0459. The number of carbonyl (C=O) groups excluding carboxylic acids is 4. The Kier molecular flexibility index (Phi) is 8.87. The first kappa shape index (κ1) is 28.6. The molecule has 2 fully saturated rings. The van der Waals surface area contributed by atoms with Crippen LogP contribution in [-0.4, -0.2) is 108 Å². The first-order valence-corrected chi connectivity index (χ1v) is 14.4. The van der Waals surface area contributed by atoms with Gasteiger partial charge < -0.3 is 29.7 Å². The molecule has 10 heteroatoms. The predicted octanol–water partition coefficient (Wildman–Crippen LogP) is 1.29. The number of amides is 4. The van der Waals surface area contributed by atoms with Crippen molar-refractivity contribution < 1.29 is 23.9 Å². The molecule has 41 heavy (non-hydrogen) atoms. The van der Waals surface area contributed by atoms with Crippen LogP contribution in [0.25, 0.3) is 0 Å². The van der Waals surface area contributed by atoms with Gasteiger partial charge in [0.1, 0.15) is 18.3 Å². The van der Waals surface area contributed by atoms with E-state index in [0.29, 0.717) is 51.2 Å². The van der Waals surface area contributed by atoms with Gasteiger partial charge >= 0.3 is 0 Å². The molecule has 0 aliphatic carbocycles. The zero-order valence-corrected chi connectivity index (χ0v) is 23.8. The van der Waals surface area contributed by atoms with Gasteiger partial charge in [0, 0.05) is 38.3 Å². The van der Waals surface area contributed by atoms with Crippen LogP contribution in [0, 0.1) is 0 Å². The molecule has 2 aromatic carbocycles. The largest absolute Gasteiger partial charge is 0.484 e. The number of hydrogen-bond donors (Lipinski definition) is 1. The van der Waals surface area contributed by atoms with Gasteiger partial charge in [-0.1, -0.05) is 42.5 Å². The molecule has 1 N–H and O–H groups in total. The van der Waals surface area contributed by atoms with E-state index < -0.39 is 6.04 Å². The second-order valence-electron chi connectivity index (χ2n) is 11.3. The van der Waals surface area contributed by atoms with Crippen molar-refractivity contribution in [3.8, 4) is 5.75 Å². The van der Waals surface area contributed by atoms with Gasteiger partial charge in [-0.2, -0.15) is 0 Å². The van der Waals surface area contributed by atoms with Crippen molar-refractivity contribution in [1.29, 1.82) is 0 Å². The number of ether oxygens (including phenoxy) is 1. The second kappa shape index (κ2) is 12.7. The summed E-state index contributed by atoms with van der Waals surface area (Å²) in [4.78, 5) is 60.8. The molecule has 2 atom stereocenters. The van der Waals surface area contributed by atoms with Gasteiger partial charge in [-0.3, -0.25) is 19.2 Å².